The fraction of sp³-hybridized carbons (Fsp3) is 0.0833. The van der Waals surface area contributed by atoms with Gasteiger partial charge in [-0.1, -0.05) is 0 Å². The number of hydrogen-bond acceptors (Lipinski definition) is 1. The zero-order valence-electron chi connectivity index (χ0n) is 7.85. The third-order valence-electron chi connectivity index (χ3n) is 2.15. The second-order valence-electron chi connectivity index (χ2n) is 3.12. The van der Waals surface area contributed by atoms with Crippen molar-refractivity contribution in [1.29, 1.82) is 0 Å². The Balaban J connectivity index is 2.34. The maximum atomic E-state index is 4.31. The van der Waals surface area contributed by atoms with Crippen molar-refractivity contribution in [3.8, 4) is 11.3 Å². The average Bonchev–Trinajstić information content (AvgIpc) is 2.30. The van der Waals surface area contributed by atoms with Gasteiger partial charge in [-0.05, 0) is 0 Å². The van der Waals surface area contributed by atoms with E-state index >= 15 is 0 Å². The quantitative estimate of drug-likeness (QED) is 0.736. The van der Waals surface area contributed by atoms with Crippen LogP contribution in [0, 0.1) is 0 Å². The Bertz CT molecular complexity index is 394. The number of nitrogens with zero attached hydrogens (tertiary/aromatic N) is 1. The van der Waals surface area contributed by atoms with Gasteiger partial charge in [-0.25, -0.2) is 0 Å². The maximum absolute atomic E-state index is 4.31. The minimum absolute atomic E-state index is 1.04. The van der Waals surface area contributed by atoms with Crippen molar-refractivity contribution in [2.75, 3.05) is 0 Å². The van der Waals surface area contributed by atoms with Crippen LogP contribution in [-0.4, -0.2) is 21.8 Å². The Morgan fingerprint density at radius 2 is 1.79 bits per heavy atom. The Morgan fingerprint density at radius 1 is 1.00 bits per heavy atom. The van der Waals surface area contributed by atoms with Gasteiger partial charge in [0.1, 0.15) is 0 Å². The predicted octanol–water partition coefficient (Wildman–Crippen LogP) is 1.88. The van der Waals surface area contributed by atoms with Crippen LogP contribution in [0.2, 0.25) is 0 Å². The normalized spacial score (nSPS) is 10.1. The first-order valence-corrected chi connectivity index (χ1v) is 6.32. The SMILES string of the molecule is [AsH2]Cc1ccc(-c2ccccn2)cc1. The molecule has 0 fully saturated rings. The van der Waals surface area contributed by atoms with Crippen molar-refractivity contribution in [2.24, 2.45) is 0 Å². The van der Waals surface area contributed by atoms with E-state index in [0.717, 1.165) is 10.9 Å². The molecule has 0 aliphatic heterocycles. The summed E-state index contributed by atoms with van der Waals surface area (Å²) in [7, 11) is 0. The van der Waals surface area contributed by atoms with Crippen LogP contribution >= 0.6 is 0 Å². The summed E-state index contributed by atoms with van der Waals surface area (Å²) in [5.74, 6) is 0. The molecular weight excluding hydrogens is 233 g/mol. The van der Waals surface area contributed by atoms with Crippen LogP contribution in [0.25, 0.3) is 11.3 Å². The molecule has 0 aliphatic carbocycles. The summed E-state index contributed by atoms with van der Waals surface area (Å²) in [6.45, 7) is 0. The van der Waals surface area contributed by atoms with E-state index < -0.39 is 0 Å². The standard InChI is InChI=1S/C12H12AsN/c13-9-10-4-6-11(7-5-10)12-3-1-2-8-14-12/h1-8H,9,13H2. The summed E-state index contributed by atoms with van der Waals surface area (Å²) < 4.78 is 0. The van der Waals surface area contributed by atoms with Crippen molar-refractivity contribution in [3.63, 3.8) is 0 Å². The molecule has 0 saturated carbocycles. The van der Waals surface area contributed by atoms with Crippen molar-refractivity contribution in [2.45, 2.75) is 5.21 Å². The van der Waals surface area contributed by atoms with Gasteiger partial charge in [-0.15, -0.1) is 0 Å². The molecule has 1 unspecified atom stereocenters. The Labute approximate surface area is 92.7 Å². The molecule has 14 heavy (non-hydrogen) atoms. The molecule has 0 spiro atoms. The van der Waals surface area contributed by atoms with Crippen LogP contribution < -0.4 is 0 Å². The Morgan fingerprint density at radius 3 is 2.36 bits per heavy atom. The van der Waals surface area contributed by atoms with Gasteiger partial charge in [0.15, 0.2) is 0 Å². The van der Waals surface area contributed by atoms with Gasteiger partial charge < -0.3 is 0 Å². The zero-order chi connectivity index (χ0) is 9.80. The van der Waals surface area contributed by atoms with Crippen LogP contribution in [0.5, 0.6) is 0 Å². The van der Waals surface area contributed by atoms with Gasteiger partial charge in [0, 0.05) is 0 Å². The summed E-state index contributed by atoms with van der Waals surface area (Å²) in [6, 6.07) is 14.6. The molecule has 1 atom stereocenters. The monoisotopic (exact) mass is 245 g/mol. The van der Waals surface area contributed by atoms with E-state index in [2.05, 4.69) is 29.2 Å². The van der Waals surface area contributed by atoms with E-state index in [4.69, 9.17) is 0 Å². The molecule has 0 aliphatic rings. The minimum atomic E-state index is 1.04. The van der Waals surface area contributed by atoms with E-state index in [1.807, 2.05) is 24.4 Å². The molecule has 2 rings (SSSR count). The third-order valence-corrected chi connectivity index (χ3v) is 3.14. The molecule has 0 saturated heterocycles. The number of hydrogen-bond donors (Lipinski definition) is 0. The van der Waals surface area contributed by atoms with Crippen molar-refractivity contribution >= 4 is 16.9 Å². The van der Waals surface area contributed by atoms with Crippen LogP contribution in [0.3, 0.4) is 0 Å². The van der Waals surface area contributed by atoms with Gasteiger partial charge in [-0.2, -0.15) is 0 Å². The zero-order valence-corrected chi connectivity index (χ0v) is 10.3. The molecular formula is C12H12AsN. The topological polar surface area (TPSA) is 12.9 Å². The molecule has 1 aromatic carbocycles. The van der Waals surface area contributed by atoms with E-state index in [1.165, 1.54) is 11.1 Å². The van der Waals surface area contributed by atoms with Crippen LogP contribution in [0.15, 0.2) is 48.7 Å². The molecule has 1 heterocycles. The molecule has 0 radical (unpaired) electrons. The summed E-state index contributed by atoms with van der Waals surface area (Å²) in [4.78, 5) is 4.31. The average molecular weight is 245 g/mol. The summed E-state index contributed by atoms with van der Waals surface area (Å²) >= 11 is 1.74. The predicted molar refractivity (Wildman–Crippen MR) is 61.9 cm³/mol. The van der Waals surface area contributed by atoms with Gasteiger partial charge >= 0.3 is 92.5 Å². The van der Waals surface area contributed by atoms with Crippen LogP contribution in [0.1, 0.15) is 5.56 Å². The second kappa shape index (κ2) is 4.43. The van der Waals surface area contributed by atoms with E-state index in [1.54, 1.807) is 16.9 Å². The number of benzene rings is 1. The number of aromatic nitrogens is 1. The Hall–Kier alpha value is -1.07. The third kappa shape index (κ3) is 2.05. The van der Waals surface area contributed by atoms with Crippen molar-refractivity contribution < 1.29 is 0 Å². The number of rotatable bonds is 2. The first-order chi connectivity index (χ1) is 6.90. The summed E-state index contributed by atoms with van der Waals surface area (Å²) in [6.07, 6.45) is 1.83. The summed E-state index contributed by atoms with van der Waals surface area (Å²) in [5.41, 5.74) is 3.63. The van der Waals surface area contributed by atoms with E-state index in [-0.39, 0.29) is 0 Å². The van der Waals surface area contributed by atoms with Gasteiger partial charge in [0.25, 0.3) is 0 Å². The van der Waals surface area contributed by atoms with Crippen LogP contribution in [0.4, 0.5) is 0 Å². The van der Waals surface area contributed by atoms with Gasteiger partial charge in [0.2, 0.25) is 0 Å². The molecule has 1 aromatic heterocycles. The number of pyridine rings is 1. The second-order valence-corrected chi connectivity index (χ2v) is 3.97. The fourth-order valence-electron chi connectivity index (χ4n) is 1.35. The first-order valence-electron chi connectivity index (χ1n) is 4.60. The summed E-state index contributed by atoms with van der Waals surface area (Å²) in [5, 5.41) is 1.15. The molecule has 70 valence electrons. The van der Waals surface area contributed by atoms with E-state index in [0.29, 0.717) is 0 Å². The van der Waals surface area contributed by atoms with Crippen LogP contribution in [-0.2, 0) is 5.21 Å². The van der Waals surface area contributed by atoms with Gasteiger partial charge in [0.05, 0.1) is 0 Å². The van der Waals surface area contributed by atoms with Gasteiger partial charge in [-0.3, -0.25) is 0 Å². The molecule has 2 heteroatoms. The molecule has 1 nitrogen and oxygen atoms in total. The molecule has 0 amide bonds. The fourth-order valence-corrected chi connectivity index (χ4v) is 1.92. The molecule has 0 N–H and O–H groups in total. The Kier molecular flexibility index (Phi) is 3.00. The van der Waals surface area contributed by atoms with E-state index in [9.17, 15) is 0 Å². The molecule has 0 bridgehead atoms. The first kappa shape index (κ1) is 9.48. The molecule has 2 aromatic rings. The van der Waals surface area contributed by atoms with Crippen molar-refractivity contribution in [3.05, 3.63) is 54.2 Å². The van der Waals surface area contributed by atoms with Crippen molar-refractivity contribution in [1.82, 2.24) is 4.98 Å².